The van der Waals surface area contributed by atoms with E-state index in [1.54, 1.807) is 0 Å². The fraction of sp³-hybridized carbons (Fsp3) is 0.667. The highest BCUT2D eigenvalue weighted by Crippen LogP contribution is 2.29. The van der Waals surface area contributed by atoms with Crippen LogP contribution in [0.4, 0.5) is 5.95 Å². The maximum Gasteiger partial charge on any atom is 0.224 e. The van der Waals surface area contributed by atoms with E-state index in [1.165, 1.54) is 25.7 Å². The minimum atomic E-state index is 0.395. The normalized spacial score (nSPS) is 16.4. The molecule has 0 spiro atoms. The minimum absolute atomic E-state index is 0.395. The standard InChI is InChI=1S/C15H23N5/c1-10(2)13-12-8-17-15(16-3)18-14(12)20(19-13)9-11-6-4-5-7-11/h8,10-11H,4-7,9H2,1-3H3,(H,16,17,18). The van der Waals surface area contributed by atoms with Crippen molar-refractivity contribution in [1.29, 1.82) is 0 Å². The van der Waals surface area contributed by atoms with E-state index in [9.17, 15) is 0 Å². The van der Waals surface area contributed by atoms with Gasteiger partial charge in [0.1, 0.15) is 0 Å². The average molecular weight is 273 g/mol. The first-order valence-electron chi connectivity index (χ1n) is 7.60. The van der Waals surface area contributed by atoms with Crippen molar-refractivity contribution >= 4 is 17.0 Å². The molecule has 1 fully saturated rings. The van der Waals surface area contributed by atoms with Crippen molar-refractivity contribution in [2.24, 2.45) is 5.92 Å². The molecule has 2 heterocycles. The van der Waals surface area contributed by atoms with Crippen LogP contribution in [-0.2, 0) is 6.54 Å². The molecule has 0 bridgehead atoms. The Bertz CT molecular complexity index is 596. The lowest BCUT2D eigenvalue weighted by atomic mass is 10.1. The molecule has 1 aliphatic carbocycles. The number of nitrogens with one attached hydrogen (secondary N) is 1. The summed E-state index contributed by atoms with van der Waals surface area (Å²) in [7, 11) is 1.85. The van der Waals surface area contributed by atoms with Gasteiger partial charge in [-0.05, 0) is 24.7 Å². The van der Waals surface area contributed by atoms with Gasteiger partial charge in [-0.15, -0.1) is 0 Å². The van der Waals surface area contributed by atoms with Crippen molar-refractivity contribution in [1.82, 2.24) is 19.7 Å². The topological polar surface area (TPSA) is 55.6 Å². The van der Waals surface area contributed by atoms with Gasteiger partial charge in [-0.1, -0.05) is 26.7 Å². The van der Waals surface area contributed by atoms with E-state index >= 15 is 0 Å². The Morgan fingerprint density at radius 1 is 1.35 bits per heavy atom. The molecule has 2 aromatic rings. The highest BCUT2D eigenvalue weighted by molar-refractivity contribution is 5.79. The summed E-state index contributed by atoms with van der Waals surface area (Å²) in [6, 6.07) is 0. The van der Waals surface area contributed by atoms with E-state index in [1.807, 2.05) is 13.2 Å². The third kappa shape index (κ3) is 2.37. The maximum atomic E-state index is 4.81. The van der Waals surface area contributed by atoms with E-state index in [2.05, 4.69) is 33.8 Å². The van der Waals surface area contributed by atoms with Gasteiger partial charge in [-0.2, -0.15) is 10.1 Å². The molecule has 1 N–H and O–H groups in total. The lowest BCUT2D eigenvalue weighted by Crippen LogP contribution is -2.10. The Hall–Kier alpha value is -1.65. The first-order valence-corrected chi connectivity index (χ1v) is 7.60. The SMILES string of the molecule is CNc1ncc2c(C(C)C)nn(CC3CCCC3)c2n1. The minimum Gasteiger partial charge on any atom is -0.357 e. The molecule has 20 heavy (non-hydrogen) atoms. The van der Waals surface area contributed by atoms with E-state index in [0.29, 0.717) is 11.9 Å². The van der Waals surface area contributed by atoms with Gasteiger partial charge < -0.3 is 5.32 Å². The van der Waals surface area contributed by atoms with Gasteiger partial charge in [0.05, 0.1) is 11.1 Å². The zero-order chi connectivity index (χ0) is 14.1. The quantitative estimate of drug-likeness (QED) is 0.929. The Morgan fingerprint density at radius 2 is 2.10 bits per heavy atom. The number of hydrogen-bond acceptors (Lipinski definition) is 4. The molecular weight excluding hydrogens is 250 g/mol. The average Bonchev–Trinajstić information content (AvgIpc) is 3.07. The molecule has 108 valence electrons. The van der Waals surface area contributed by atoms with Gasteiger partial charge in [0.15, 0.2) is 5.65 Å². The number of aromatic nitrogens is 4. The van der Waals surface area contributed by atoms with Gasteiger partial charge in [0.2, 0.25) is 5.95 Å². The van der Waals surface area contributed by atoms with Crippen LogP contribution < -0.4 is 5.32 Å². The Kier molecular flexibility index (Phi) is 3.59. The summed E-state index contributed by atoms with van der Waals surface area (Å²) in [5.41, 5.74) is 2.08. The van der Waals surface area contributed by atoms with Crippen LogP contribution in [0.25, 0.3) is 11.0 Å². The molecule has 0 atom stereocenters. The zero-order valence-corrected chi connectivity index (χ0v) is 12.6. The molecule has 1 aliphatic rings. The van der Waals surface area contributed by atoms with Crippen LogP contribution in [0.2, 0.25) is 0 Å². The molecule has 0 unspecified atom stereocenters. The molecule has 2 aromatic heterocycles. The molecule has 3 rings (SSSR count). The van der Waals surface area contributed by atoms with E-state index in [4.69, 9.17) is 5.10 Å². The number of rotatable bonds is 4. The third-order valence-corrected chi connectivity index (χ3v) is 4.19. The fourth-order valence-electron chi connectivity index (χ4n) is 3.09. The second-order valence-electron chi connectivity index (χ2n) is 6.05. The lowest BCUT2D eigenvalue weighted by molar-refractivity contribution is 0.433. The fourth-order valence-corrected chi connectivity index (χ4v) is 3.09. The molecule has 0 saturated heterocycles. The summed E-state index contributed by atoms with van der Waals surface area (Å²) in [4.78, 5) is 8.96. The van der Waals surface area contributed by atoms with Crippen LogP contribution in [0.5, 0.6) is 0 Å². The summed E-state index contributed by atoms with van der Waals surface area (Å²) in [6.07, 6.45) is 7.27. The Morgan fingerprint density at radius 3 is 2.75 bits per heavy atom. The van der Waals surface area contributed by atoms with E-state index in [-0.39, 0.29) is 0 Å². The molecule has 5 nitrogen and oxygen atoms in total. The van der Waals surface area contributed by atoms with Gasteiger partial charge in [0.25, 0.3) is 0 Å². The molecule has 5 heteroatoms. The molecule has 0 aliphatic heterocycles. The largest absolute Gasteiger partial charge is 0.357 e. The smallest absolute Gasteiger partial charge is 0.224 e. The van der Waals surface area contributed by atoms with Gasteiger partial charge in [0, 0.05) is 19.8 Å². The Labute approximate surface area is 119 Å². The van der Waals surface area contributed by atoms with Gasteiger partial charge >= 0.3 is 0 Å². The van der Waals surface area contributed by atoms with Crippen LogP contribution in [0.15, 0.2) is 6.20 Å². The van der Waals surface area contributed by atoms with Crippen LogP contribution in [0.1, 0.15) is 51.1 Å². The van der Waals surface area contributed by atoms with E-state index < -0.39 is 0 Å². The zero-order valence-electron chi connectivity index (χ0n) is 12.6. The van der Waals surface area contributed by atoms with Gasteiger partial charge in [-0.25, -0.2) is 9.67 Å². The highest BCUT2D eigenvalue weighted by atomic mass is 15.3. The van der Waals surface area contributed by atoms with Crippen LogP contribution in [0.3, 0.4) is 0 Å². The summed E-state index contributed by atoms with van der Waals surface area (Å²) < 4.78 is 2.10. The van der Waals surface area contributed by atoms with Crippen molar-refractivity contribution in [2.45, 2.75) is 52.0 Å². The summed E-state index contributed by atoms with van der Waals surface area (Å²) >= 11 is 0. The first kappa shape index (κ1) is 13.3. The van der Waals surface area contributed by atoms with Crippen molar-refractivity contribution in [3.8, 4) is 0 Å². The highest BCUT2D eigenvalue weighted by Gasteiger charge is 2.20. The number of fused-ring (bicyclic) bond motifs is 1. The monoisotopic (exact) mass is 273 g/mol. The predicted octanol–water partition coefficient (Wildman–Crippen LogP) is 3.18. The second-order valence-corrected chi connectivity index (χ2v) is 6.05. The predicted molar refractivity (Wildman–Crippen MR) is 80.9 cm³/mol. The van der Waals surface area contributed by atoms with Crippen LogP contribution in [-0.4, -0.2) is 26.8 Å². The van der Waals surface area contributed by atoms with E-state index in [0.717, 1.165) is 29.2 Å². The first-order chi connectivity index (χ1) is 9.69. The van der Waals surface area contributed by atoms with Crippen molar-refractivity contribution in [3.63, 3.8) is 0 Å². The number of nitrogens with zero attached hydrogens (tertiary/aromatic N) is 4. The lowest BCUT2D eigenvalue weighted by Gasteiger charge is -2.09. The second kappa shape index (κ2) is 5.38. The summed E-state index contributed by atoms with van der Waals surface area (Å²) in [6.45, 7) is 5.34. The molecule has 0 amide bonds. The molecule has 1 saturated carbocycles. The Balaban J connectivity index is 2.04. The third-order valence-electron chi connectivity index (χ3n) is 4.19. The van der Waals surface area contributed by atoms with Gasteiger partial charge in [-0.3, -0.25) is 0 Å². The van der Waals surface area contributed by atoms with Crippen molar-refractivity contribution in [3.05, 3.63) is 11.9 Å². The van der Waals surface area contributed by atoms with Crippen molar-refractivity contribution in [2.75, 3.05) is 12.4 Å². The molecular formula is C15H23N5. The summed E-state index contributed by atoms with van der Waals surface area (Å²) in [5.74, 6) is 1.82. The molecule has 0 radical (unpaired) electrons. The summed E-state index contributed by atoms with van der Waals surface area (Å²) in [5, 5.41) is 8.92. The van der Waals surface area contributed by atoms with Crippen LogP contribution >= 0.6 is 0 Å². The van der Waals surface area contributed by atoms with Crippen LogP contribution in [0, 0.1) is 5.92 Å². The molecule has 0 aromatic carbocycles. The number of anilines is 1. The van der Waals surface area contributed by atoms with Crippen molar-refractivity contribution < 1.29 is 0 Å². The maximum absolute atomic E-state index is 4.81. The number of hydrogen-bond donors (Lipinski definition) is 1.